The van der Waals surface area contributed by atoms with Gasteiger partial charge in [-0.25, -0.2) is 4.98 Å². The highest BCUT2D eigenvalue weighted by Crippen LogP contribution is 2.29. The van der Waals surface area contributed by atoms with Crippen LogP contribution in [0.4, 0.5) is 0 Å². The summed E-state index contributed by atoms with van der Waals surface area (Å²) in [6.07, 6.45) is 3.41. The predicted molar refractivity (Wildman–Crippen MR) is 71.6 cm³/mol. The van der Waals surface area contributed by atoms with Crippen molar-refractivity contribution < 1.29 is 9.52 Å². The van der Waals surface area contributed by atoms with E-state index in [-0.39, 0.29) is 5.75 Å². The zero-order valence-electron chi connectivity index (χ0n) is 10.4. The number of hydrogen-bond donors (Lipinski definition) is 1. The minimum absolute atomic E-state index is 0.211. The first-order chi connectivity index (χ1) is 9.24. The molecule has 0 unspecified atom stereocenters. The maximum atomic E-state index is 9.52. The summed E-state index contributed by atoms with van der Waals surface area (Å²) in [4.78, 5) is 8.52. The van der Waals surface area contributed by atoms with Crippen LogP contribution in [0.25, 0.3) is 22.7 Å². The average Bonchev–Trinajstić information content (AvgIpc) is 2.82. The Bertz CT molecular complexity index is 705. The summed E-state index contributed by atoms with van der Waals surface area (Å²) in [5, 5.41) is 9.52. The molecule has 1 N–H and O–H groups in total. The summed E-state index contributed by atoms with van der Waals surface area (Å²) in [6, 6.07) is 10.7. The number of rotatable bonds is 2. The van der Waals surface area contributed by atoms with Crippen LogP contribution in [0.1, 0.15) is 5.76 Å². The Labute approximate surface area is 110 Å². The second-order valence-corrected chi connectivity index (χ2v) is 4.22. The fourth-order valence-electron chi connectivity index (χ4n) is 1.93. The van der Waals surface area contributed by atoms with Crippen molar-refractivity contribution in [3.05, 3.63) is 54.6 Å². The molecule has 0 bridgehead atoms. The molecular weight excluding hydrogens is 240 g/mol. The fourth-order valence-corrected chi connectivity index (χ4v) is 1.93. The number of aromatic nitrogens is 2. The van der Waals surface area contributed by atoms with Crippen molar-refractivity contribution in [3.63, 3.8) is 0 Å². The summed E-state index contributed by atoms with van der Waals surface area (Å²) in [7, 11) is 0. The highest BCUT2D eigenvalue weighted by Gasteiger charge is 2.13. The topological polar surface area (TPSA) is 59.2 Å². The monoisotopic (exact) mass is 252 g/mol. The van der Waals surface area contributed by atoms with E-state index in [1.165, 1.54) is 0 Å². The molecule has 0 spiro atoms. The van der Waals surface area contributed by atoms with E-state index >= 15 is 0 Å². The van der Waals surface area contributed by atoms with Gasteiger partial charge in [0.1, 0.15) is 17.2 Å². The van der Waals surface area contributed by atoms with Crippen molar-refractivity contribution in [1.29, 1.82) is 0 Å². The number of aryl methyl sites for hydroxylation is 1. The first-order valence-corrected chi connectivity index (χ1v) is 5.91. The smallest absolute Gasteiger partial charge is 0.228 e. The maximum Gasteiger partial charge on any atom is 0.228 e. The van der Waals surface area contributed by atoms with Gasteiger partial charge in [0.15, 0.2) is 0 Å². The van der Waals surface area contributed by atoms with Crippen molar-refractivity contribution in [2.75, 3.05) is 0 Å². The minimum atomic E-state index is 0.211. The third kappa shape index (κ3) is 2.20. The van der Waals surface area contributed by atoms with E-state index in [0.717, 1.165) is 16.8 Å². The van der Waals surface area contributed by atoms with Crippen molar-refractivity contribution >= 4 is 0 Å². The number of pyridine rings is 1. The summed E-state index contributed by atoms with van der Waals surface area (Å²) in [6.45, 7) is 1.85. The Morgan fingerprint density at radius 3 is 2.68 bits per heavy atom. The Balaban J connectivity index is 2.08. The van der Waals surface area contributed by atoms with Gasteiger partial charge < -0.3 is 9.52 Å². The van der Waals surface area contributed by atoms with Crippen LogP contribution in [-0.4, -0.2) is 15.1 Å². The van der Waals surface area contributed by atoms with Gasteiger partial charge in [-0.1, -0.05) is 12.1 Å². The van der Waals surface area contributed by atoms with Gasteiger partial charge in [0.2, 0.25) is 5.89 Å². The number of aromatic hydroxyl groups is 1. The lowest BCUT2D eigenvalue weighted by molar-refractivity contribution is 0.475. The summed E-state index contributed by atoms with van der Waals surface area (Å²) < 4.78 is 5.66. The van der Waals surface area contributed by atoms with Crippen molar-refractivity contribution in [1.82, 2.24) is 9.97 Å². The average molecular weight is 252 g/mol. The Morgan fingerprint density at radius 2 is 1.95 bits per heavy atom. The molecule has 94 valence electrons. The van der Waals surface area contributed by atoms with Crippen LogP contribution in [0.3, 0.4) is 0 Å². The second-order valence-electron chi connectivity index (χ2n) is 4.22. The van der Waals surface area contributed by atoms with E-state index in [1.807, 2.05) is 25.1 Å². The molecular formula is C15H12N2O2. The Kier molecular flexibility index (Phi) is 2.76. The number of hydrogen-bond acceptors (Lipinski definition) is 4. The van der Waals surface area contributed by atoms with Gasteiger partial charge in [-0.05, 0) is 31.2 Å². The lowest BCUT2D eigenvalue weighted by Crippen LogP contribution is -1.81. The highest BCUT2D eigenvalue weighted by molar-refractivity contribution is 5.66. The van der Waals surface area contributed by atoms with Crippen LogP contribution in [0.2, 0.25) is 0 Å². The molecule has 0 saturated heterocycles. The molecule has 3 aromatic rings. The number of phenolic OH excluding ortho intramolecular Hbond substituents is 1. The molecule has 0 amide bonds. The third-order valence-corrected chi connectivity index (χ3v) is 2.82. The highest BCUT2D eigenvalue weighted by atomic mass is 16.4. The van der Waals surface area contributed by atoms with E-state index in [9.17, 15) is 5.11 Å². The number of benzene rings is 1. The van der Waals surface area contributed by atoms with Gasteiger partial charge in [0.25, 0.3) is 0 Å². The zero-order valence-corrected chi connectivity index (χ0v) is 10.4. The molecule has 3 rings (SSSR count). The quantitative estimate of drug-likeness (QED) is 0.759. The van der Waals surface area contributed by atoms with Crippen molar-refractivity contribution in [3.8, 4) is 28.5 Å². The van der Waals surface area contributed by atoms with Gasteiger partial charge in [-0.3, -0.25) is 4.98 Å². The Morgan fingerprint density at radius 1 is 1.11 bits per heavy atom. The van der Waals surface area contributed by atoms with E-state index in [1.54, 1.807) is 30.6 Å². The standard InChI is InChI=1S/C15H12N2O2/c1-10-14(11-4-2-6-13(18)8-11)17-15(19-10)12-5-3-7-16-9-12/h2-9,18H,1H3. The maximum absolute atomic E-state index is 9.52. The van der Waals surface area contributed by atoms with Gasteiger partial charge in [0, 0.05) is 18.0 Å². The van der Waals surface area contributed by atoms with Crippen LogP contribution >= 0.6 is 0 Å². The van der Waals surface area contributed by atoms with E-state index < -0.39 is 0 Å². The lowest BCUT2D eigenvalue weighted by Gasteiger charge is -1.97. The molecule has 2 aromatic heterocycles. The first-order valence-electron chi connectivity index (χ1n) is 5.91. The molecule has 4 heteroatoms. The molecule has 0 aliphatic rings. The molecule has 0 saturated carbocycles. The summed E-state index contributed by atoms with van der Waals surface area (Å²) in [5.74, 6) is 1.45. The van der Waals surface area contributed by atoms with Crippen LogP contribution in [0.15, 0.2) is 53.2 Å². The lowest BCUT2D eigenvalue weighted by atomic mass is 10.1. The first kappa shape index (κ1) is 11.5. The van der Waals surface area contributed by atoms with Gasteiger partial charge in [-0.2, -0.15) is 0 Å². The van der Waals surface area contributed by atoms with E-state index in [2.05, 4.69) is 9.97 Å². The summed E-state index contributed by atoms with van der Waals surface area (Å²) >= 11 is 0. The molecule has 0 fully saturated rings. The molecule has 4 nitrogen and oxygen atoms in total. The predicted octanol–water partition coefficient (Wildman–Crippen LogP) is 3.42. The second kappa shape index (κ2) is 4.57. The molecule has 2 heterocycles. The van der Waals surface area contributed by atoms with Gasteiger partial charge in [-0.15, -0.1) is 0 Å². The number of oxazole rings is 1. The van der Waals surface area contributed by atoms with Gasteiger partial charge >= 0.3 is 0 Å². The van der Waals surface area contributed by atoms with Gasteiger partial charge in [0.05, 0.1) is 5.56 Å². The molecule has 0 atom stereocenters. The third-order valence-electron chi connectivity index (χ3n) is 2.82. The van der Waals surface area contributed by atoms with Crippen molar-refractivity contribution in [2.45, 2.75) is 6.92 Å². The molecule has 0 radical (unpaired) electrons. The minimum Gasteiger partial charge on any atom is -0.508 e. The van der Waals surface area contributed by atoms with Crippen LogP contribution in [0.5, 0.6) is 5.75 Å². The number of nitrogens with zero attached hydrogens (tertiary/aromatic N) is 2. The van der Waals surface area contributed by atoms with Crippen LogP contribution in [-0.2, 0) is 0 Å². The van der Waals surface area contributed by atoms with Crippen LogP contribution in [0, 0.1) is 6.92 Å². The van der Waals surface area contributed by atoms with E-state index in [4.69, 9.17) is 4.42 Å². The van der Waals surface area contributed by atoms with Crippen molar-refractivity contribution in [2.24, 2.45) is 0 Å². The SMILES string of the molecule is Cc1oc(-c2cccnc2)nc1-c1cccc(O)c1. The molecule has 1 aromatic carbocycles. The fraction of sp³-hybridized carbons (Fsp3) is 0.0667. The molecule has 0 aliphatic heterocycles. The molecule has 19 heavy (non-hydrogen) atoms. The van der Waals surface area contributed by atoms with E-state index in [0.29, 0.717) is 11.7 Å². The zero-order chi connectivity index (χ0) is 13.2. The Hall–Kier alpha value is -2.62. The summed E-state index contributed by atoms with van der Waals surface area (Å²) in [5.41, 5.74) is 2.39. The molecule has 0 aliphatic carbocycles. The number of phenols is 1. The normalized spacial score (nSPS) is 10.6. The van der Waals surface area contributed by atoms with Crippen LogP contribution < -0.4 is 0 Å². The largest absolute Gasteiger partial charge is 0.508 e.